The number of benzene rings is 1. The van der Waals surface area contributed by atoms with E-state index in [2.05, 4.69) is 54.2 Å². The summed E-state index contributed by atoms with van der Waals surface area (Å²) in [5, 5.41) is 4.22. The molecule has 0 saturated heterocycles. The van der Waals surface area contributed by atoms with E-state index in [0.717, 1.165) is 13.0 Å². The quantitative estimate of drug-likeness (QED) is 0.878. The molecule has 0 radical (unpaired) electrons. The second kappa shape index (κ2) is 6.57. The van der Waals surface area contributed by atoms with Crippen LogP contribution in [-0.4, -0.2) is 22.4 Å². The van der Waals surface area contributed by atoms with Crippen molar-refractivity contribution in [2.24, 2.45) is 12.8 Å². The molecule has 0 unspecified atom stereocenters. The highest BCUT2D eigenvalue weighted by Crippen LogP contribution is 2.18. The number of rotatable bonds is 6. The van der Waals surface area contributed by atoms with Crippen molar-refractivity contribution in [3.8, 4) is 0 Å². The van der Waals surface area contributed by atoms with E-state index in [1.807, 2.05) is 17.9 Å². The first-order valence-electron chi connectivity index (χ1n) is 7.14. The average molecular weight is 272 g/mol. The molecule has 4 nitrogen and oxygen atoms in total. The number of nitrogens with two attached hydrogens (primary N) is 1. The zero-order chi connectivity index (χ0) is 14.5. The van der Waals surface area contributed by atoms with Crippen LogP contribution in [0.5, 0.6) is 0 Å². The summed E-state index contributed by atoms with van der Waals surface area (Å²) in [5.41, 5.74) is 9.33. The topological polar surface area (TPSA) is 47.1 Å². The number of aromatic nitrogens is 2. The fourth-order valence-electron chi connectivity index (χ4n) is 2.39. The third-order valence-electron chi connectivity index (χ3n) is 3.66. The molecule has 0 atom stereocenters. The zero-order valence-corrected chi connectivity index (χ0v) is 12.6. The molecule has 0 aliphatic rings. The zero-order valence-electron chi connectivity index (χ0n) is 12.6. The van der Waals surface area contributed by atoms with Crippen LogP contribution in [0.25, 0.3) is 0 Å². The number of hydrogen-bond acceptors (Lipinski definition) is 3. The Balaban J connectivity index is 2.08. The molecule has 4 heteroatoms. The van der Waals surface area contributed by atoms with Crippen molar-refractivity contribution >= 4 is 5.69 Å². The molecule has 0 aliphatic heterocycles. The lowest BCUT2D eigenvalue weighted by Gasteiger charge is -2.29. The normalized spacial score (nSPS) is 11.1. The van der Waals surface area contributed by atoms with Crippen molar-refractivity contribution in [2.45, 2.75) is 32.9 Å². The van der Waals surface area contributed by atoms with Crippen LogP contribution in [0.4, 0.5) is 5.69 Å². The SMILES string of the molecule is CC(C)N(CCc1ccnn1C)c1ccc(CN)cc1. The second-order valence-corrected chi connectivity index (χ2v) is 5.35. The maximum atomic E-state index is 5.65. The number of anilines is 1. The minimum Gasteiger partial charge on any atom is -0.369 e. The van der Waals surface area contributed by atoms with Gasteiger partial charge >= 0.3 is 0 Å². The second-order valence-electron chi connectivity index (χ2n) is 5.35. The molecule has 1 aromatic heterocycles. The Morgan fingerprint density at radius 2 is 1.90 bits per heavy atom. The predicted octanol–water partition coefficient (Wildman–Crippen LogP) is 2.34. The van der Waals surface area contributed by atoms with Gasteiger partial charge in [-0.1, -0.05) is 12.1 Å². The molecule has 0 fully saturated rings. The van der Waals surface area contributed by atoms with Crippen molar-refractivity contribution in [3.05, 3.63) is 47.8 Å². The lowest BCUT2D eigenvalue weighted by atomic mass is 10.1. The van der Waals surface area contributed by atoms with E-state index in [1.165, 1.54) is 16.9 Å². The molecule has 0 bridgehead atoms. The first-order valence-corrected chi connectivity index (χ1v) is 7.14. The standard InChI is InChI=1S/C16H24N4/c1-13(2)20(11-9-15-8-10-18-19(15)3)16-6-4-14(12-17)5-7-16/h4-8,10,13H,9,11-12,17H2,1-3H3. The highest BCUT2D eigenvalue weighted by atomic mass is 15.3. The van der Waals surface area contributed by atoms with E-state index in [-0.39, 0.29) is 0 Å². The van der Waals surface area contributed by atoms with E-state index < -0.39 is 0 Å². The van der Waals surface area contributed by atoms with Gasteiger partial charge in [0.05, 0.1) is 0 Å². The van der Waals surface area contributed by atoms with Crippen LogP contribution < -0.4 is 10.6 Å². The maximum Gasteiger partial charge on any atom is 0.0492 e. The van der Waals surface area contributed by atoms with Crippen LogP contribution in [0.1, 0.15) is 25.1 Å². The van der Waals surface area contributed by atoms with E-state index in [4.69, 9.17) is 5.73 Å². The molecule has 108 valence electrons. The summed E-state index contributed by atoms with van der Waals surface area (Å²) in [7, 11) is 1.99. The first-order chi connectivity index (χ1) is 9.61. The van der Waals surface area contributed by atoms with Gasteiger partial charge in [-0.15, -0.1) is 0 Å². The van der Waals surface area contributed by atoms with Gasteiger partial charge < -0.3 is 10.6 Å². The Labute approximate surface area is 121 Å². The molecular formula is C16H24N4. The van der Waals surface area contributed by atoms with Gasteiger partial charge in [0, 0.05) is 50.2 Å². The average Bonchev–Trinajstić information content (AvgIpc) is 2.85. The van der Waals surface area contributed by atoms with Crippen LogP contribution in [-0.2, 0) is 20.0 Å². The van der Waals surface area contributed by atoms with Crippen LogP contribution in [0.2, 0.25) is 0 Å². The van der Waals surface area contributed by atoms with Gasteiger partial charge in [-0.3, -0.25) is 4.68 Å². The number of aryl methyl sites for hydroxylation is 1. The van der Waals surface area contributed by atoms with Gasteiger partial charge in [0.1, 0.15) is 0 Å². The third-order valence-corrected chi connectivity index (χ3v) is 3.66. The molecule has 1 aromatic carbocycles. The fourth-order valence-corrected chi connectivity index (χ4v) is 2.39. The number of hydrogen-bond donors (Lipinski definition) is 1. The third kappa shape index (κ3) is 3.39. The van der Waals surface area contributed by atoms with Crippen LogP contribution in [0.3, 0.4) is 0 Å². The van der Waals surface area contributed by atoms with Gasteiger partial charge in [-0.05, 0) is 37.6 Å². The molecule has 0 aliphatic carbocycles. The Morgan fingerprint density at radius 1 is 1.20 bits per heavy atom. The summed E-state index contributed by atoms with van der Waals surface area (Å²) in [5.74, 6) is 0. The minimum absolute atomic E-state index is 0.465. The van der Waals surface area contributed by atoms with E-state index in [0.29, 0.717) is 12.6 Å². The largest absolute Gasteiger partial charge is 0.369 e. The van der Waals surface area contributed by atoms with Crippen molar-refractivity contribution in [1.82, 2.24) is 9.78 Å². The van der Waals surface area contributed by atoms with E-state index in [9.17, 15) is 0 Å². The van der Waals surface area contributed by atoms with Crippen LogP contribution >= 0.6 is 0 Å². The van der Waals surface area contributed by atoms with Crippen molar-refractivity contribution in [3.63, 3.8) is 0 Å². The van der Waals surface area contributed by atoms with Gasteiger partial charge in [-0.2, -0.15) is 5.10 Å². The maximum absolute atomic E-state index is 5.65. The molecule has 1 heterocycles. The summed E-state index contributed by atoms with van der Waals surface area (Å²) in [6.07, 6.45) is 2.85. The molecule has 0 amide bonds. The van der Waals surface area contributed by atoms with Gasteiger partial charge in [0.15, 0.2) is 0 Å². The smallest absolute Gasteiger partial charge is 0.0492 e. The summed E-state index contributed by atoms with van der Waals surface area (Å²) in [6.45, 7) is 6.02. The summed E-state index contributed by atoms with van der Waals surface area (Å²) < 4.78 is 1.94. The van der Waals surface area contributed by atoms with Crippen molar-refractivity contribution in [2.75, 3.05) is 11.4 Å². The monoisotopic (exact) mass is 272 g/mol. The molecule has 2 aromatic rings. The lowest BCUT2D eigenvalue weighted by Crippen LogP contribution is -2.33. The van der Waals surface area contributed by atoms with Gasteiger partial charge in [0.25, 0.3) is 0 Å². The molecule has 0 saturated carbocycles. The highest BCUT2D eigenvalue weighted by Gasteiger charge is 2.11. The minimum atomic E-state index is 0.465. The van der Waals surface area contributed by atoms with Crippen molar-refractivity contribution < 1.29 is 0 Å². The van der Waals surface area contributed by atoms with Gasteiger partial charge in [-0.25, -0.2) is 0 Å². The van der Waals surface area contributed by atoms with Gasteiger partial charge in [0.2, 0.25) is 0 Å². The first kappa shape index (κ1) is 14.6. The fraction of sp³-hybridized carbons (Fsp3) is 0.438. The predicted molar refractivity (Wildman–Crippen MR) is 83.7 cm³/mol. The van der Waals surface area contributed by atoms with E-state index >= 15 is 0 Å². The van der Waals surface area contributed by atoms with Crippen molar-refractivity contribution in [1.29, 1.82) is 0 Å². The Kier molecular flexibility index (Phi) is 4.79. The van der Waals surface area contributed by atoms with E-state index in [1.54, 1.807) is 0 Å². The Morgan fingerprint density at radius 3 is 2.40 bits per heavy atom. The highest BCUT2D eigenvalue weighted by molar-refractivity contribution is 5.48. The summed E-state index contributed by atoms with van der Waals surface area (Å²) >= 11 is 0. The molecule has 0 spiro atoms. The van der Waals surface area contributed by atoms with Crippen LogP contribution in [0, 0.1) is 0 Å². The molecule has 2 N–H and O–H groups in total. The molecule has 2 rings (SSSR count). The Bertz CT molecular complexity index is 528. The van der Waals surface area contributed by atoms with Crippen LogP contribution in [0.15, 0.2) is 36.5 Å². The summed E-state index contributed by atoms with van der Waals surface area (Å²) in [4.78, 5) is 2.41. The lowest BCUT2D eigenvalue weighted by molar-refractivity contribution is 0.646. The molecular weight excluding hydrogens is 248 g/mol. The summed E-state index contributed by atoms with van der Waals surface area (Å²) in [6, 6.07) is 11.1. The Hall–Kier alpha value is -1.81. The number of nitrogens with zero attached hydrogens (tertiary/aromatic N) is 3. The molecule has 20 heavy (non-hydrogen) atoms.